The highest BCUT2D eigenvalue weighted by molar-refractivity contribution is 5.43. The van der Waals surface area contributed by atoms with E-state index in [0.29, 0.717) is 17.5 Å². The first-order valence-electron chi connectivity index (χ1n) is 5.20. The summed E-state index contributed by atoms with van der Waals surface area (Å²) in [5.41, 5.74) is 1.20. The van der Waals surface area contributed by atoms with Crippen molar-refractivity contribution in [2.75, 3.05) is 0 Å². The van der Waals surface area contributed by atoms with Gasteiger partial charge in [-0.15, -0.1) is 0 Å². The van der Waals surface area contributed by atoms with Crippen LogP contribution in [0.15, 0.2) is 18.2 Å². The minimum atomic E-state index is -0.0294. The summed E-state index contributed by atoms with van der Waals surface area (Å²) in [5.74, 6) is 0.380. The molecule has 0 aliphatic heterocycles. The normalized spacial score (nSPS) is 11.8. The second kappa shape index (κ2) is 5.19. The van der Waals surface area contributed by atoms with Gasteiger partial charge in [0.2, 0.25) is 0 Å². The monoisotopic (exact) mass is 214 g/mol. The van der Waals surface area contributed by atoms with E-state index in [-0.39, 0.29) is 17.6 Å². The standard InChI is InChI=1S/C13H14N2O/c1-9(2)11(5-6-14)12-7-10(8-15)3-4-13(12)16/h3-4,7,9,11,16H,5H2,1-2H3. The summed E-state index contributed by atoms with van der Waals surface area (Å²) in [6, 6.07) is 8.91. The zero-order valence-electron chi connectivity index (χ0n) is 9.44. The molecule has 0 heterocycles. The van der Waals surface area contributed by atoms with Gasteiger partial charge < -0.3 is 5.11 Å². The van der Waals surface area contributed by atoms with Crippen molar-refractivity contribution in [3.05, 3.63) is 29.3 Å². The van der Waals surface area contributed by atoms with Gasteiger partial charge in [-0.2, -0.15) is 10.5 Å². The van der Waals surface area contributed by atoms with Gasteiger partial charge in [-0.25, -0.2) is 0 Å². The third-order valence-electron chi connectivity index (χ3n) is 2.67. The van der Waals surface area contributed by atoms with Crippen LogP contribution in [0.4, 0.5) is 0 Å². The van der Waals surface area contributed by atoms with Gasteiger partial charge in [-0.3, -0.25) is 0 Å². The van der Waals surface area contributed by atoms with Crippen molar-refractivity contribution in [2.45, 2.75) is 26.2 Å². The van der Waals surface area contributed by atoms with Crippen LogP contribution in [-0.4, -0.2) is 5.11 Å². The van der Waals surface area contributed by atoms with E-state index in [1.165, 1.54) is 6.07 Å². The van der Waals surface area contributed by atoms with E-state index < -0.39 is 0 Å². The Balaban J connectivity index is 3.19. The molecule has 16 heavy (non-hydrogen) atoms. The summed E-state index contributed by atoms with van der Waals surface area (Å²) in [5, 5.41) is 27.3. The highest BCUT2D eigenvalue weighted by Gasteiger charge is 2.19. The van der Waals surface area contributed by atoms with Gasteiger partial charge >= 0.3 is 0 Å². The molecule has 1 unspecified atom stereocenters. The second-order valence-corrected chi connectivity index (χ2v) is 4.10. The van der Waals surface area contributed by atoms with Crippen LogP contribution in [-0.2, 0) is 0 Å². The number of aromatic hydroxyl groups is 1. The highest BCUT2D eigenvalue weighted by atomic mass is 16.3. The molecule has 0 saturated heterocycles. The van der Waals surface area contributed by atoms with Crippen molar-refractivity contribution >= 4 is 0 Å². The number of rotatable bonds is 3. The first kappa shape index (κ1) is 12.1. The van der Waals surface area contributed by atoms with E-state index in [1.807, 2.05) is 19.9 Å². The minimum absolute atomic E-state index is 0.0294. The zero-order valence-corrected chi connectivity index (χ0v) is 9.44. The van der Waals surface area contributed by atoms with Crippen molar-refractivity contribution in [1.29, 1.82) is 10.5 Å². The van der Waals surface area contributed by atoms with Crippen LogP contribution < -0.4 is 0 Å². The van der Waals surface area contributed by atoms with Crippen LogP contribution in [0.3, 0.4) is 0 Å². The largest absolute Gasteiger partial charge is 0.508 e. The lowest BCUT2D eigenvalue weighted by Crippen LogP contribution is -2.06. The van der Waals surface area contributed by atoms with Gasteiger partial charge in [0.05, 0.1) is 17.7 Å². The van der Waals surface area contributed by atoms with Crippen molar-refractivity contribution in [3.63, 3.8) is 0 Å². The molecule has 3 nitrogen and oxygen atoms in total. The molecule has 82 valence electrons. The molecule has 3 heteroatoms. The highest BCUT2D eigenvalue weighted by Crippen LogP contribution is 2.34. The Labute approximate surface area is 95.6 Å². The molecule has 1 N–H and O–H groups in total. The predicted molar refractivity (Wildman–Crippen MR) is 60.6 cm³/mol. The molecule has 0 saturated carbocycles. The van der Waals surface area contributed by atoms with Crippen LogP contribution in [0.5, 0.6) is 5.75 Å². The summed E-state index contributed by atoms with van der Waals surface area (Å²) in [4.78, 5) is 0. The van der Waals surface area contributed by atoms with Crippen molar-refractivity contribution in [2.24, 2.45) is 5.92 Å². The fraction of sp³-hybridized carbons (Fsp3) is 0.385. The van der Waals surface area contributed by atoms with Gasteiger partial charge in [0.15, 0.2) is 0 Å². The zero-order chi connectivity index (χ0) is 12.1. The van der Waals surface area contributed by atoms with Crippen LogP contribution in [0.2, 0.25) is 0 Å². The van der Waals surface area contributed by atoms with Crippen molar-refractivity contribution in [3.8, 4) is 17.9 Å². The Bertz CT molecular complexity index is 452. The number of benzene rings is 1. The van der Waals surface area contributed by atoms with E-state index in [4.69, 9.17) is 10.5 Å². The van der Waals surface area contributed by atoms with Crippen LogP contribution in [0.1, 0.15) is 37.3 Å². The summed E-state index contributed by atoms with van der Waals surface area (Å²) in [7, 11) is 0. The SMILES string of the molecule is CC(C)C(CC#N)c1cc(C#N)ccc1O. The third-order valence-corrected chi connectivity index (χ3v) is 2.67. The van der Waals surface area contributed by atoms with E-state index >= 15 is 0 Å². The lowest BCUT2D eigenvalue weighted by Gasteiger charge is -2.19. The van der Waals surface area contributed by atoms with Gasteiger partial charge in [0.1, 0.15) is 5.75 Å². The number of phenolic OH excluding ortho intramolecular Hbond substituents is 1. The van der Waals surface area contributed by atoms with Crippen LogP contribution >= 0.6 is 0 Å². The summed E-state index contributed by atoms with van der Waals surface area (Å²) >= 11 is 0. The first-order valence-corrected chi connectivity index (χ1v) is 5.20. The van der Waals surface area contributed by atoms with Gasteiger partial charge in [-0.1, -0.05) is 13.8 Å². The van der Waals surface area contributed by atoms with E-state index in [9.17, 15) is 5.11 Å². The Hall–Kier alpha value is -2.00. The molecule has 0 spiro atoms. The molecule has 0 fully saturated rings. The number of nitrogens with zero attached hydrogens (tertiary/aromatic N) is 2. The average molecular weight is 214 g/mol. The maximum Gasteiger partial charge on any atom is 0.119 e. The summed E-state index contributed by atoms with van der Waals surface area (Å²) in [6.07, 6.45) is 0.347. The average Bonchev–Trinajstić information content (AvgIpc) is 2.27. The number of hydrogen-bond donors (Lipinski definition) is 1. The van der Waals surface area contributed by atoms with Gasteiger partial charge in [0.25, 0.3) is 0 Å². The minimum Gasteiger partial charge on any atom is -0.508 e. The summed E-state index contributed by atoms with van der Waals surface area (Å²) in [6.45, 7) is 4.00. The smallest absolute Gasteiger partial charge is 0.119 e. The Morgan fingerprint density at radius 2 is 2.00 bits per heavy atom. The molecule has 0 aliphatic carbocycles. The molecule has 1 rings (SSSR count). The third kappa shape index (κ3) is 2.52. The molecule has 0 aliphatic rings. The molecule has 0 radical (unpaired) electrons. The van der Waals surface area contributed by atoms with E-state index in [2.05, 4.69) is 6.07 Å². The molecule has 1 aromatic carbocycles. The maximum absolute atomic E-state index is 9.76. The molecule has 1 aromatic rings. The molecule has 0 amide bonds. The number of nitriles is 2. The van der Waals surface area contributed by atoms with Crippen LogP contribution in [0, 0.1) is 28.6 Å². The van der Waals surface area contributed by atoms with Crippen molar-refractivity contribution < 1.29 is 5.11 Å². The number of phenols is 1. The topological polar surface area (TPSA) is 67.8 Å². The predicted octanol–water partition coefficient (Wildman–Crippen LogP) is 2.92. The maximum atomic E-state index is 9.76. The van der Waals surface area contributed by atoms with E-state index in [1.54, 1.807) is 12.1 Å². The molecule has 1 atom stereocenters. The van der Waals surface area contributed by atoms with Crippen LogP contribution in [0.25, 0.3) is 0 Å². The molecule has 0 bridgehead atoms. The van der Waals surface area contributed by atoms with Crippen molar-refractivity contribution in [1.82, 2.24) is 0 Å². The number of hydrogen-bond acceptors (Lipinski definition) is 3. The lowest BCUT2D eigenvalue weighted by atomic mass is 9.85. The quantitative estimate of drug-likeness (QED) is 0.841. The Morgan fingerprint density at radius 3 is 2.50 bits per heavy atom. The molecular weight excluding hydrogens is 200 g/mol. The Morgan fingerprint density at radius 1 is 1.31 bits per heavy atom. The van der Waals surface area contributed by atoms with Gasteiger partial charge in [-0.05, 0) is 29.7 Å². The molecule has 0 aromatic heterocycles. The van der Waals surface area contributed by atoms with E-state index in [0.717, 1.165) is 0 Å². The fourth-order valence-corrected chi connectivity index (χ4v) is 1.72. The first-order chi connectivity index (χ1) is 7.60. The molecular formula is C13H14N2O. The second-order valence-electron chi connectivity index (χ2n) is 4.10. The fourth-order valence-electron chi connectivity index (χ4n) is 1.72. The lowest BCUT2D eigenvalue weighted by molar-refractivity contribution is 0.437. The van der Waals surface area contributed by atoms with Gasteiger partial charge in [0, 0.05) is 12.3 Å². The Kier molecular flexibility index (Phi) is 3.91. The summed E-state index contributed by atoms with van der Waals surface area (Å²) < 4.78 is 0.